The van der Waals surface area contributed by atoms with Crippen LogP contribution in [0.15, 0.2) is 24.3 Å². The zero-order valence-electron chi connectivity index (χ0n) is 11.3. The van der Waals surface area contributed by atoms with Crippen molar-refractivity contribution in [2.45, 2.75) is 44.3 Å². The Labute approximate surface area is 113 Å². The second-order valence-electron chi connectivity index (χ2n) is 5.41. The molecule has 5 heteroatoms. The summed E-state index contributed by atoms with van der Waals surface area (Å²) in [6.07, 6.45) is 4.38. The van der Waals surface area contributed by atoms with Crippen LogP contribution in [0, 0.1) is 10.1 Å². The lowest BCUT2D eigenvalue weighted by Crippen LogP contribution is -2.38. The van der Waals surface area contributed by atoms with E-state index in [2.05, 4.69) is 11.9 Å². The van der Waals surface area contributed by atoms with Gasteiger partial charge in [-0.3, -0.25) is 15.0 Å². The minimum absolute atomic E-state index is 0.163. The first-order chi connectivity index (χ1) is 9.06. The average Bonchev–Trinajstić information content (AvgIpc) is 2.39. The first-order valence-electron chi connectivity index (χ1n) is 6.75. The largest absolute Gasteiger partial charge is 0.328 e. The van der Waals surface area contributed by atoms with Crippen LogP contribution in [0.4, 0.5) is 5.69 Å². The molecule has 0 bridgehead atoms. The maximum atomic E-state index is 10.8. The Bertz CT molecular complexity index is 442. The van der Waals surface area contributed by atoms with Gasteiger partial charge in [0, 0.05) is 30.8 Å². The SMILES string of the molecule is CN(Cc1cccc([N+](=O)[O-])c1)C1CCC(N)CC1. The summed E-state index contributed by atoms with van der Waals surface area (Å²) in [5.74, 6) is 0. The third-order valence-corrected chi connectivity index (χ3v) is 3.92. The van der Waals surface area contributed by atoms with Crippen LogP contribution in [0.5, 0.6) is 0 Å². The molecule has 1 aliphatic rings. The van der Waals surface area contributed by atoms with Crippen LogP contribution in [0.3, 0.4) is 0 Å². The number of non-ortho nitro benzene ring substituents is 1. The predicted molar refractivity (Wildman–Crippen MR) is 74.8 cm³/mol. The maximum absolute atomic E-state index is 10.8. The highest BCUT2D eigenvalue weighted by molar-refractivity contribution is 5.34. The first-order valence-corrected chi connectivity index (χ1v) is 6.75. The molecule has 104 valence electrons. The van der Waals surface area contributed by atoms with Gasteiger partial charge in [-0.05, 0) is 38.3 Å². The molecule has 0 spiro atoms. The van der Waals surface area contributed by atoms with Crippen molar-refractivity contribution in [3.8, 4) is 0 Å². The van der Waals surface area contributed by atoms with E-state index >= 15 is 0 Å². The average molecular weight is 263 g/mol. The van der Waals surface area contributed by atoms with Crippen molar-refractivity contribution in [3.05, 3.63) is 39.9 Å². The predicted octanol–water partition coefficient (Wildman–Crippen LogP) is 2.30. The minimum atomic E-state index is -0.344. The Kier molecular flexibility index (Phi) is 4.50. The molecule has 0 atom stereocenters. The summed E-state index contributed by atoms with van der Waals surface area (Å²) >= 11 is 0. The van der Waals surface area contributed by atoms with Gasteiger partial charge in [-0.15, -0.1) is 0 Å². The normalized spacial score (nSPS) is 23.5. The Balaban J connectivity index is 1.96. The number of nitro groups is 1. The molecule has 0 saturated heterocycles. The number of rotatable bonds is 4. The van der Waals surface area contributed by atoms with Gasteiger partial charge in [0.25, 0.3) is 5.69 Å². The first kappa shape index (κ1) is 14.0. The van der Waals surface area contributed by atoms with Gasteiger partial charge in [-0.25, -0.2) is 0 Å². The highest BCUT2D eigenvalue weighted by Gasteiger charge is 2.22. The summed E-state index contributed by atoms with van der Waals surface area (Å²) in [4.78, 5) is 12.7. The standard InChI is InChI=1S/C14H21N3O2/c1-16(13-7-5-12(15)6-8-13)10-11-3-2-4-14(9-11)17(18)19/h2-4,9,12-13H,5-8,10,15H2,1H3. The Hall–Kier alpha value is -1.46. The van der Waals surface area contributed by atoms with Crippen LogP contribution in [-0.4, -0.2) is 29.0 Å². The second kappa shape index (κ2) is 6.12. The van der Waals surface area contributed by atoms with E-state index in [4.69, 9.17) is 5.73 Å². The van der Waals surface area contributed by atoms with Crippen molar-refractivity contribution in [3.63, 3.8) is 0 Å². The van der Waals surface area contributed by atoms with E-state index in [-0.39, 0.29) is 10.6 Å². The summed E-state index contributed by atoms with van der Waals surface area (Å²) < 4.78 is 0. The van der Waals surface area contributed by atoms with Gasteiger partial charge in [0.05, 0.1) is 4.92 Å². The number of nitrogens with zero attached hydrogens (tertiary/aromatic N) is 2. The van der Waals surface area contributed by atoms with Crippen LogP contribution in [0.25, 0.3) is 0 Å². The van der Waals surface area contributed by atoms with Crippen molar-refractivity contribution >= 4 is 5.69 Å². The second-order valence-corrected chi connectivity index (χ2v) is 5.41. The van der Waals surface area contributed by atoms with E-state index in [9.17, 15) is 10.1 Å². The number of hydrogen-bond acceptors (Lipinski definition) is 4. The molecule has 0 unspecified atom stereocenters. The van der Waals surface area contributed by atoms with E-state index < -0.39 is 0 Å². The van der Waals surface area contributed by atoms with Crippen molar-refractivity contribution in [1.29, 1.82) is 0 Å². The minimum Gasteiger partial charge on any atom is -0.328 e. The van der Waals surface area contributed by atoms with Crippen LogP contribution in [0.1, 0.15) is 31.2 Å². The third kappa shape index (κ3) is 3.75. The quantitative estimate of drug-likeness (QED) is 0.668. The van der Waals surface area contributed by atoms with Gasteiger partial charge in [-0.1, -0.05) is 12.1 Å². The third-order valence-electron chi connectivity index (χ3n) is 3.92. The van der Waals surface area contributed by atoms with Crippen LogP contribution in [0.2, 0.25) is 0 Å². The highest BCUT2D eigenvalue weighted by atomic mass is 16.6. The molecule has 0 aliphatic heterocycles. The molecule has 0 aromatic heterocycles. The molecule has 19 heavy (non-hydrogen) atoms. The van der Waals surface area contributed by atoms with Gasteiger partial charge in [0.2, 0.25) is 0 Å². The van der Waals surface area contributed by atoms with E-state index in [1.807, 2.05) is 6.07 Å². The number of nitro benzene ring substituents is 1. The smallest absolute Gasteiger partial charge is 0.269 e. The Morgan fingerprint density at radius 2 is 2.05 bits per heavy atom. The van der Waals surface area contributed by atoms with Crippen LogP contribution in [-0.2, 0) is 6.54 Å². The van der Waals surface area contributed by atoms with Crippen molar-refractivity contribution < 1.29 is 4.92 Å². The van der Waals surface area contributed by atoms with Gasteiger partial charge in [0.15, 0.2) is 0 Å². The summed E-state index contributed by atoms with van der Waals surface area (Å²) in [5.41, 5.74) is 7.07. The fraction of sp³-hybridized carbons (Fsp3) is 0.571. The molecule has 1 aromatic carbocycles. The fourth-order valence-corrected chi connectivity index (χ4v) is 2.73. The molecule has 1 aromatic rings. The Morgan fingerprint density at radius 3 is 2.68 bits per heavy atom. The molecule has 1 fully saturated rings. The van der Waals surface area contributed by atoms with Crippen LogP contribution < -0.4 is 5.73 Å². The molecule has 2 N–H and O–H groups in total. The summed E-state index contributed by atoms with van der Waals surface area (Å²) in [7, 11) is 2.08. The number of benzene rings is 1. The molecule has 1 saturated carbocycles. The van der Waals surface area contributed by atoms with Crippen LogP contribution >= 0.6 is 0 Å². The molecule has 0 amide bonds. The summed E-state index contributed by atoms with van der Waals surface area (Å²) in [5, 5.41) is 10.8. The zero-order valence-corrected chi connectivity index (χ0v) is 11.3. The lowest BCUT2D eigenvalue weighted by molar-refractivity contribution is -0.384. The topological polar surface area (TPSA) is 72.4 Å². The van der Waals surface area contributed by atoms with E-state index in [1.165, 1.54) is 6.07 Å². The molecule has 5 nitrogen and oxygen atoms in total. The lowest BCUT2D eigenvalue weighted by Gasteiger charge is -2.33. The highest BCUT2D eigenvalue weighted by Crippen LogP contribution is 2.23. The van der Waals surface area contributed by atoms with Gasteiger partial charge in [0.1, 0.15) is 0 Å². The molecule has 0 heterocycles. The molecular formula is C14H21N3O2. The van der Waals surface area contributed by atoms with Gasteiger partial charge >= 0.3 is 0 Å². The van der Waals surface area contributed by atoms with Crippen molar-refractivity contribution in [1.82, 2.24) is 4.90 Å². The van der Waals surface area contributed by atoms with E-state index in [0.29, 0.717) is 12.1 Å². The van der Waals surface area contributed by atoms with Crippen molar-refractivity contribution in [2.75, 3.05) is 7.05 Å². The monoisotopic (exact) mass is 263 g/mol. The van der Waals surface area contributed by atoms with E-state index in [0.717, 1.165) is 37.8 Å². The number of nitrogens with two attached hydrogens (primary N) is 1. The molecular weight excluding hydrogens is 242 g/mol. The van der Waals surface area contributed by atoms with Crippen molar-refractivity contribution in [2.24, 2.45) is 5.73 Å². The summed E-state index contributed by atoms with van der Waals surface area (Å²) in [6.45, 7) is 0.752. The summed E-state index contributed by atoms with van der Waals surface area (Å²) in [6, 6.07) is 7.77. The Morgan fingerprint density at radius 1 is 1.37 bits per heavy atom. The number of hydrogen-bond donors (Lipinski definition) is 1. The molecule has 2 rings (SSSR count). The molecule has 1 aliphatic carbocycles. The van der Waals surface area contributed by atoms with Gasteiger partial charge < -0.3 is 5.73 Å². The van der Waals surface area contributed by atoms with Gasteiger partial charge in [-0.2, -0.15) is 0 Å². The maximum Gasteiger partial charge on any atom is 0.269 e. The molecule has 0 radical (unpaired) electrons. The zero-order chi connectivity index (χ0) is 13.8. The van der Waals surface area contributed by atoms with E-state index in [1.54, 1.807) is 12.1 Å². The lowest BCUT2D eigenvalue weighted by atomic mass is 9.91. The fourth-order valence-electron chi connectivity index (χ4n) is 2.73.